The van der Waals surface area contributed by atoms with E-state index in [-0.39, 0.29) is 5.91 Å². The molecule has 0 fully saturated rings. The highest BCUT2D eigenvalue weighted by Gasteiger charge is 2.16. The van der Waals surface area contributed by atoms with Crippen molar-refractivity contribution in [2.45, 2.75) is 6.54 Å². The lowest BCUT2D eigenvalue weighted by molar-refractivity contribution is -0.887. The highest BCUT2D eigenvalue weighted by molar-refractivity contribution is 6.30. The van der Waals surface area contributed by atoms with Crippen LogP contribution in [-0.2, 0) is 11.3 Å². The maximum Gasteiger partial charge on any atom is 0.282 e. The first-order chi connectivity index (χ1) is 9.95. The Kier molecular flexibility index (Phi) is 4.93. The monoisotopic (exact) mass is 309 g/mol. The molecule has 2 aromatic rings. The molecule has 1 heterocycles. The predicted molar refractivity (Wildman–Crippen MR) is 78.9 cm³/mol. The van der Waals surface area contributed by atoms with Crippen LogP contribution < -0.4 is 4.90 Å². The first-order valence-electron chi connectivity index (χ1n) is 6.55. The minimum atomic E-state index is 0.0575. The number of amides is 1. The predicted octanol–water partition coefficient (Wildman–Crippen LogP) is 0.493. The lowest BCUT2D eigenvalue weighted by Gasteiger charge is -2.14. The number of hydrogen-bond acceptors (Lipinski definition) is 4. The third-order valence-electron chi connectivity index (χ3n) is 2.96. The molecular weight excluding hydrogens is 292 g/mol. The molecule has 7 heteroatoms. The highest BCUT2D eigenvalue weighted by Crippen LogP contribution is 2.19. The fraction of sp³-hybridized carbons (Fsp3) is 0.357. The number of nitrogens with one attached hydrogen (secondary N) is 1. The molecule has 0 aliphatic heterocycles. The average Bonchev–Trinajstić information content (AvgIpc) is 2.86. The lowest BCUT2D eigenvalue weighted by Crippen LogP contribution is -3.08. The summed E-state index contributed by atoms with van der Waals surface area (Å²) < 4.78 is 5.22. The summed E-state index contributed by atoms with van der Waals surface area (Å²) in [4.78, 5) is 18.5. The zero-order valence-electron chi connectivity index (χ0n) is 12.3. The molecule has 0 radical (unpaired) electrons. The van der Waals surface area contributed by atoms with Crippen LogP contribution in [0.15, 0.2) is 28.8 Å². The van der Waals surface area contributed by atoms with Crippen molar-refractivity contribution in [3.63, 3.8) is 0 Å². The molecule has 0 spiro atoms. The quantitative estimate of drug-likeness (QED) is 0.873. The molecule has 21 heavy (non-hydrogen) atoms. The smallest absolute Gasteiger partial charge is 0.282 e. The van der Waals surface area contributed by atoms with Crippen molar-refractivity contribution in [2.75, 3.05) is 27.7 Å². The Bertz CT molecular complexity index is 627. The summed E-state index contributed by atoms with van der Waals surface area (Å²) in [5, 5.41) is 4.56. The fourth-order valence-corrected chi connectivity index (χ4v) is 2.00. The Morgan fingerprint density at radius 1 is 1.43 bits per heavy atom. The van der Waals surface area contributed by atoms with E-state index in [1.54, 1.807) is 31.1 Å². The SMILES string of the molecule is CN(C)C(=O)C[NH+](C)Cc1nc(-c2cccc(Cl)c2)no1. The van der Waals surface area contributed by atoms with Gasteiger partial charge < -0.3 is 14.3 Å². The number of likely N-dealkylation sites (N-methyl/N-ethyl adjacent to an activating group) is 2. The number of rotatable bonds is 5. The number of quaternary nitrogens is 1. The molecule has 1 N–H and O–H groups in total. The van der Waals surface area contributed by atoms with Crippen LogP contribution in [0.5, 0.6) is 0 Å². The van der Waals surface area contributed by atoms with E-state index in [0.717, 1.165) is 10.5 Å². The van der Waals surface area contributed by atoms with E-state index >= 15 is 0 Å². The van der Waals surface area contributed by atoms with Gasteiger partial charge in [0, 0.05) is 24.7 Å². The molecule has 1 aromatic heterocycles. The summed E-state index contributed by atoms with van der Waals surface area (Å²) in [6.07, 6.45) is 0. The Labute approximate surface area is 128 Å². The topological polar surface area (TPSA) is 63.7 Å². The fourth-order valence-electron chi connectivity index (χ4n) is 1.81. The van der Waals surface area contributed by atoms with E-state index in [2.05, 4.69) is 10.1 Å². The van der Waals surface area contributed by atoms with Gasteiger partial charge in [-0.3, -0.25) is 4.79 Å². The van der Waals surface area contributed by atoms with E-state index < -0.39 is 0 Å². The third-order valence-corrected chi connectivity index (χ3v) is 3.19. The summed E-state index contributed by atoms with van der Waals surface area (Å²) in [5.74, 6) is 1.05. The second kappa shape index (κ2) is 6.69. The highest BCUT2D eigenvalue weighted by atomic mass is 35.5. The molecule has 0 saturated heterocycles. The van der Waals surface area contributed by atoms with Crippen LogP contribution in [-0.4, -0.2) is 48.6 Å². The lowest BCUT2D eigenvalue weighted by atomic mass is 10.2. The normalized spacial score (nSPS) is 12.2. The minimum Gasteiger partial charge on any atom is -0.344 e. The van der Waals surface area contributed by atoms with Gasteiger partial charge in [0.1, 0.15) is 0 Å². The Balaban J connectivity index is 2.02. The van der Waals surface area contributed by atoms with Crippen LogP contribution in [0.1, 0.15) is 5.89 Å². The van der Waals surface area contributed by atoms with Crippen LogP contribution in [0.2, 0.25) is 5.02 Å². The van der Waals surface area contributed by atoms with Gasteiger partial charge >= 0.3 is 0 Å². The number of carbonyl (C=O) groups is 1. The van der Waals surface area contributed by atoms with Crippen LogP contribution >= 0.6 is 11.6 Å². The van der Waals surface area contributed by atoms with Crippen molar-refractivity contribution >= 4 is 17.5 Å². The van der Waals surface area contributed by atoms with E-state index in [1.807, 2.05) is 19.2 Å². The minimum absolute atomic E-state index is 0.0575. The molecule has 1 atom stereocenters. The largest absolute Gasteiger partial charge is 0.344 e. The summed E-state index contributed by atoms with van der Waals surface area (Å²) in [7, 11) is 5.38. The van der Waals surface area contributed by atoms with Crippen LogP contribution in [0.25, 0.3) is 11.4 Å². The van der Waals surface area contributed by atoms with Gasteiger partial charge in [-0.2, -0.15) is 4.98 Å². The molecular formula is C14H18ClN4O2+. The maximum absolute atomic E-state index is 11.6. The third kappa shape index (κ3) is 4.27. The Hall–Kier alpha value is -1.92. The zero-order valence-corrected chi connectivity index (χ0v) is 13.0. The molecule has 1 aromatic carbocycles. The number of hydrogen-bond donors (Lipinski definition) is 1. The standard InChI is InChI=1S/C14H17ClN4O2/c1-18(2)13(20)9-19(3)8-12-16-14(17-21-12)10-5-4-6-11(15)7-10/h4-7H,8-9H2,1-3H3/p+1. The summed E-state index contributed by atoms with van der Waals surface area (Å²) in [5.41, 5.74) is 0.805. The summed E-state index contributed by atoms with van der Waals surface area (Å²) in [6.45, 7) is 0.870. The van der Waals surface area contributed by atoms with Gasteiger partial charge in [0.2, 0.25) is 5.82 Å². The molecule has 1 unspecified atom stereocenters. The van der Waals surface area contributed by atoms with Gasteiger partial charge in [0.25, 0.3) is 11.8 Å². The number of carbonyl (C=O) groups excluding carboxylic acids is 1. The number of aromatic nitrogens is 2. The van der Waals surface area contributed by atoms with Crippen molar-refractivity contribution < 1.29 is 14.2 Å². The molecule has 0 saturated carbocycles. The molecule has 6 nitrogen and oxygen atoms in total. The van der Waals surface area contributed by atoms with Gasteiger partial charge in [-0.25, -0.2) is 0 Å². The Morgan fingerprint density at radius 3 is 2.86 bits per heavy atom. The second-order valence-electron chi connectivity index (χ2n) is 5.12. The maximum atomic E-state index is 11.6. The number of benzene rings is 1. The van der Waals surface area contributed by atoms with E-state index in [0.29, 0.717) is 29.8 Å². The van der Waals surface area contributed by atoms with Crippen molar-refractivity contribution in [1.82, 2.24) is 15.0 Å². The van der Waals surface area contributed by atoms with E-state index in [1.165, 1.54) is 0 Å². The average molecular weight is 310 g/mol. The van der Waals surface area contributed by atoms with Gasteiger partial charge in [0.15, 0.2) is 13.1 Å². The molecule has 1 amide bonds. The molecule has 2 rings (SSSR count). The Morgan fingerprint density at radius 2 is 2.19 bits per heavy atom. The van der Waals surface area contributed by atoms with Crippen LogP contribution in [0, 0.1) is 0 Å². The van der Waals surface area contributed by atoms with Gasteiger partial charge in [-0.15, -0.1) is 0 Å². The van der Waals surface area contributed by atoms with E-state index in [9.17, 15) is 4.79 Å². The van der Waals surface area contributed by atoms with Crippen molar-refractivity contribution in [1.29, 1.82) is 0 Å². The zero-order chi connectivity index (χ0) is 15.4. The first kappa shape index (κ1) is 15.5. The van der Waals surface area contributed by atoms with Crippen LogP contribution in [0.4, 0.5) is 0 Å². The molecule has 0 aliphatic carbocycles. The van der Waals surface area contributed by atoms with E-state index in [4.69, 9.17) is 16.1 Å². The molecule has 0 bridgehead atoms. The second-order valence-corrected chi connectivity index (χ2v) is 5.56. The van der Waals surface area contributed by atoms with Gasteiger partial charge in [0.05, 0.1) is 7.05 Å². The van der Waals surface area contributed by atoms with Crippen molar-refractivity contribution in [3.8, 4) is 11.4 Å². The van der Waals surface area contributed by atoms with Gasteiger partial charge in [-0.05, 0) is 12.1 Å². The number of halogens is 1. The molecule has 112 valence electrons. The van der Waals surface area contributed by atoms with Crippen molar-refractivity contribution in [3.05, 3.63) is 35.2 Å². The van der Waals surface area contributed by atoms with Crippen LogP contribution in [0.3, 0.4) is 0 Å². The summed E-state index contributed by atoms with van der Waals surface area (Å²) in [6, 6.07) is 7.27. The summed E-state index contributed by atoms with van der Waals surface area (Å²) >= 11 is 5.94. The van der Waals surface area contributed by atoms with Crippen molar-refractivity contribution in [2.24, 2.45) is 0 Å². The first-order valence-corrected chi connectivity index (χ1v) is 6.93. The molecule has 0 aliphatic rings. The van der Waals surface area contributed by atoms with Gasteiger partial charge in [-0.1, -0.05) is 28.9 Å². The number of nitrogens with zero attached hydrogens (tertiary/aromatic N) is 3.